The normalized spacial score (nSPS) is 22.1. The Hall–Kier alpha value is -2.23. The lowest BCUT2D eigenvalue weighted by Gasteiger charge is -2.48. The van der Waals surface area contributed by atoms with Gasteiger partial charge in [0.15, 0.2) is 0 Å². The summed E-state index contributed by atoms with van der Waals surface area (Å²) in [5.41, 5.74) is 1.81. The molecule has 240 valence electrons. The van der Waals surface area contributed by atoms with Crippen LogP contribution in [-0.4, -0.2) is 56.0 Å². The summed E-state index contributed by atoms with van der Waals surface area (Å²) in [5.74, 6) is -1.05. The summed E-state index contributed by atoms with van der Waals surface area (Å²) < 4.78 is 10.7. The van der Waals surface area contributed by atoms with Gasteiger partial charge in [-0.2, -0.15) is 0 Å². The number of methoxy groups -OCH3 is 1. The van der Waals surface area contributed by atoms with Gasteiger partial charge in [0.1, 0.15) is 17.6 Å². The lowest BCUT2D eigenvalue weighted by Crippen LogP contribution is -2.63. The molecule has 2 aromatic carbocycles. The molecule has 1 amide bonds. The first-order valence-electron chi connectivity index (χ1n) is 15.0. The van der Waals surface area contributed by atoms with Gasteiger partial charge in [0, 0.05) is 35.2 Å². The molecule has 0 aromatic heterocycles. The molecular weight excluding hydrogens is 631 g/mol. The quantitative estimate of drug-likeness (QED) is 0.138. The smallest absolute Gasteiger partial charge is 0.326 e. The van der Waals surface area contributed by atoms with Crippen molar-refractivity contribution in [2.75, 3.05) is 18.6 Å². The van der Waals surface area contributed by atoms with E-state index in [1.54, 1.807) is 46.1 Å². The minimum atomic E-state index is -1.11. The minimum Gasteiger partial charge on any atom is -0.459 e. The first-order chi connectivity index (χ1) is 20.4. The van der Waals surface area contributed by atoms with Crippen LogP contribution in [-0.2, 0) is 24.5 Å². The number of hydrogen-bond donors (Lipinski definition) is 1. The number of fused-ring (bicyclic) bond motifs is 2. The van der Waals surface area contributed by atoms with E-state index in [0.717, 1.165) is 16.7 Å². The van der Waals surface area contributed by atoms with Crippen LogP contribution in [0.2, 0.25) is 29.7 Å². The highest BCUT2D eigenvalue weighted by atomic mass is 35.5. The molecule has 44 heavy (non-hydrogen) atoms. The Bertz CT molecular complexity index is 1420. The number of ether oxygens (including phenoxy) is 2. The van der Waals surface area contributed by atoms with Gasteiger partial charge in [0.2, 0.25) is 5.91 Å². The van der Waals surface area contributed by atoms with Crippen molar-refractivity contribution < 1.29 is 19.1 Å². The van der Waals surface area contributed by atoms with Gasteiger partial charge in [0.25, 0.3) is 0 Å². The maximum Gasteiger partial charge on any atom is 0.326 e. The largest absolute Gasteiger partial charge is 0.459 e. The molecule has 0 saturated carbocycles. The first-order valence-corrected chi connectivity index (χ1v) is 19.7. The molecule has 0 aliphatic carbocycles. The van der Waals surface area contributed by atoms with Crippen LogP contribution < -0.4 is 10.2 Å². The predicted molar refractivity (Wildman–Crippen MR) is 189 cm³/mol. The summed E-state index contributed by atoms with van der Waals surface area (Å²) in [4.78, 5) is 29.8. The van der Waals surface area contributed by atoms with Crippen molar-refractivity contribution in [3.8, 4) is 0 Å². The maximum atomic E-state index is 14.7. The topological polar surface area (TPSA) is 67.9 Å². The molecule has 4 atom stereocenters. The van der Waals surface area contributed by atoms with Crippen molar-refractivity contribution in [2.24, 2.45) is 0 Å². The molecule has 0 radical (unpaired) electrons. The molecule has 1 N–H and O–H groups in total. The molecule has 2 aliphatic heterocycles. The number of hydrogen-bond acceptors (Lipinski definition) is 5. The number of piperidine rings is 1. The monoisotopic (exact) mass is 676 g/mol. The van der Waals surface area contributed by atoms with E-state index in [2.05, 4.69) is 38.5 Å². The third-order valence-electron chi connectivity index (χ3n) is 8.39. The van der Waals surface area contributed by atoms with Gasteiger partial charge in [-0.1, -0.05) is 92.3 Å². The van der Waals surface area contributed by atoms with Crippen molar-refractivity contribution in [1.82, 2.24) is 5.32 Å². The SMILES string of the molecule is C=C(CC)[C@H]1NC(=S)C[C@@H](c2cccc(Cl)c2)[C@]12C(=O)N(CC(=O)OC(C)(C)C)c1cc(Cl)ccc12.COC(C)[Si](C)(C)C. The number of thiocarbonyl (C=S) groups is 1. The summed E-state index contributed by atoms with van der Waals surface area (Å²) in [6, 6.07) is 12.4. The fourth-order valence-electron chi connectivity index (χ4n) is 5.77. The van der Waals surface area contributed by atoms with Crippen molar-refractivity contribution in [1.29, 1.82) is 0 Å². The molecule has 1 spiro atoms. The van der Waals surface area contributed by atoms with Crippen LogP contribution in [0, 0.1) is 0 Å². The van der Waals surface area contributed by atoms with Crippen molar-refractivity contribution in [3.05, 3.63) is 75.8 Å². The number of carbonyl (C=O) groups is 2. The number of nitrogens with zero attached hydrogens (tertiary/aromatic N) is 1. The second-order valence-electron chi connectivity index (χ2n) is 13.6. The Balaban J connectivity index is 0.000000583. The second-order valence-corrected chi connectivity index (χ2v) is 20.5. The Morgan fingerprint density at radius 3 is 2.34 bits per heavy atom. The molecule has 2 aromatic rings. The molecule has 1 unspecified atom stereocenters. The van der Waals surface area contributed by atoms with Crippen molar-refractivity contribution in [3.63, 3.8) is 0 Å². The third-order valence-corrected chi connectivity index (χ3v) is 11.8. The molecule has 1 saturated heterocycles. The van der Waals surface area contributed by atoms with Crippen LogP contribution in [0.5, 0.6) is 0 Å². The van der Waals surface area contributed by atoms with Crippen LogP contribution in [0.4, 0.5) is 5.69 Å². The predicted octanol–water partition coefficient (Wildman–Crippen LogP) is 8.26. The van der Waals surface area contributed by atoms with Crippen LogP contribution in [0.3, 0.4) is 0 Å². The zero-order valence-corrected chi connectivity index (χ0v) is 30.7. The van der Waals surface area contributed by atoms with E-state index in [9.17, 15) is 9.59 Å². The highest BCUT2D eigenvalue weighted by Gasteiger charge is 2.63. The van der Waals surface area contributed by atoms with Crippen LogP contribution >= 0.6 is 35.4 Å². The molecule has 2 aliphatic rings. The highest BCUT2D eigenvalue weighted by Crippen LogP contribution is 2.56. The zero-order valence-electron chi connectivity index (χ0n) is 27.3. The second kappa shape index (κ2) is 14.0. The standard InChI is InChI=1S/C28H30Cl2N2O3S.C6H16OSi/c1-6-16(2)25-28(21(14-23(36)31-25)17-8-7-9-18(29)12-17)20-11-10-19(30)13-22(20)32(26(28)34)15-24(33)35-27(3,4)5;1-6(7-2)8(3,4)5/h7-13,21,25H,2,6,14-15H2,1,3-5H3,(H,31,36);6H,1-5H3/t21-,25+,28-;/m0./s1. The van der Waals surface area contributed by atoms with E-state index in [1.807, 2.05) is 31.2 Å². The number of anilines is 1. The van der Waals surface area contributed by atoms with Gasteiger partial charge in [-0.3, -0.25) is 14.5 Å². The summed E-state index contributed by atoms with van der Waals surface area (Å²) in [5, 5.41) is 4.46. The van der Waals surface area contributed by atoms with Crippen LogP contribution in [0.25, 0.3) is 0 Å². The Kier molecular flexibility index (Phi) is 11.6. The third kappa shape index (κ3) is 7.76. The van der Waals surface area contributed by atoms with Crippen molar-refractivity contribution >= 4 is 66.0 Å². The zero-order chi connectivity index (χ0) is 33.2. The summed E-state index contributed by atoms with van der Waals surface area (Å²) >= 11 is 18.5. The molecular formula is C34H46Cl2N2O4SSi. The maximum absolute atomic E-state index is 14.7. The number of amides is 1. The molecule has 0 bridgehead atoms. The number of nitrogens with one attached hydrogen (secondary N) is 1. The van der Waals surface area contributed by atoms with E-state index in [4.69, 9.17) is 44.9 Å². The Morgan fingerprint density at radius 1 is 1.18 bits per heavy atom. The lowest BCUT2D eigenvalue weighted by atomic mass is 9.59. The molecule has 2 heterocycles. The minimum absolute atomic E-state index is 0.217. The van der Waals surface area contributed by atoms with E-state index >= 15 is 0 Å². The van der Waals surface area contributed by atoms with Gasteiger partial charge < -0.3 is 14.8 Å². The summed E-state index contributed by atoms with van der Waals surface area (Å²) in [6.45, 7) is 20.5. The average molecular weight is 678 g/mol. The van der Waals surface area contributed by atoms with E-state index in [-0.39, 0.29) is 18.4 Å². The van der Waals surface area contributed by atoms with Gasteiger partial charge >= 0.3 is 5.97 Å². The van der Waals surface area contributed by atoms with E-state index < -0.39 is 31.1 Å². The molecule has 4 rings (SSSR count). The number of rotatable bonds is 7. The first kappa shape index (κ1) is 36.2. The lowest BCUT2D eigenvalue weighted by molar-refractivity contribution is -0.153. The molecule has 10 heteroatoms. The molecule has 6 nitrogen and oxygen atoms in total. The fraction of sp³-hybridized carbons (Fsp3) is 0.500. The summed E-state index contributed by atoms with van der Waals surface area (Å²) in [7, 11) is 0.798. The van der Waals surface area contributed by atoms with Gasteiger partial charge in [-0.05, 0) is 69.5 Å². The summed E-state index contributed by atoms with van der Waals surface area (Å²) in [6.07, 6.45) is 1.09. The van der Waals surface area contributed by atoms with Crippen molar-refractivity contribution in [2.45, 2.75) is 95.8 Å². The molecule has 1 fully saturated rings. The number of benzene rings is 2. The van der Waals surface area contributed by atoms with Gasteiger partial charge in [-0.25, -0.2) is 0 Å². The van der Waals surface area contributed by atoms with E-state index in [1.165, 1.54) is 4.90 Å². The van der Waals surface area contributed by atoms with Gasteiger partial charge in [0.05, 0.1) is 24.8 Å². The Labute approximate surface area is 279 Å². The number of halogens is 2. The van der Waals surface area contributed by atoms with Gasteiger partial charge in [-0.15, -0.1) is 0 Å². The number of esters is 1. The fourth-order valence-corrected chi connectivity index (χ4v) is 7.13. The van der Waals surface area contributed by atoms with Crippen LogP contribution in [0.15, 0.2) is 54.6 Å². The highest BCUT2D eigenvalue weighted by molar-refractivity contribution is 7.80. The number of carbonyl (C=O) groups excluding carboxylic acids is 2. The van der Waals surface area contributed by atoms with Crippen LogP contribution in [0.1, 0.15) is 64.5 Å². The Morgan fingerprint density at radius 2 is 1.82 bits per heavy atom. The van der Waals surface area contributed by atoms with E-state index in [0.29, 0.717) is 39.3 Å². The average Bonchev–Trinajstić information content (AvgIpc) is 3.14.